The van der Waals surface area contributed by atoms with E-state index >= 15 is 4.39 Å². The number of hydrogen-bond donors (Lipinski definition) is 2. The van der Waals surface area contributed by atoms with Crippen LogP contribution in [0.2, 0.25) is 0 Å². The summed E-state index contributed by atoms with van der Waals surface area (Å²) in [5, 5.41) is 5.42. The first kappa shape index (κ1) is 42.2. The Morgan fingerprint density at radius 3 is 2.41 bits per heavy atom. The van der Waals surface area contributed by atoms with Gasteiger partial charge >= 0.3 is 11.9 Å². The third kappa shape index (κ3) is 8.70. The number of nitrogens with zero attached hydrogens (tertiary/aromatic N) is 6. The molecular formula is C44H53F3N8O6. The number of likely N-dealkylation sites (tertiary alicyclic amines) is 1. The monoisotopic (exact) mass is 846 g/mol. The van der Waals surface area contributed by atoms with E-state index in [1.165, 1.54) is 31.3 Å². The van der Waals surface area contributed by atoms with Crippen LogP contribution < -0.4 is 30.1 Å². The number of aromatic nitrogens is 2. The number of hydrogen-bond acceptors (Lipinski definition) is 12. The minimum absolute atomic E-state index is 0.102. The van der Waals surface area contributed by atoms with Crippen molar-refractivity contribution in [2.75, 3.05) is 73.4 Å². The first-order valence-corrected chi connectivity index (χ1v) is 21.2. The van der Waals surface area contributed by atoms with Crippen LogP contribution in [0.5, 0.6) is 5.75 Å². The number of benzene rings is 2. The highest BCUT2D eigenvalue weighted by Gasteiger charge is 2.49. The Bertz CT molecular complexity index is 2180. The predicted octanol–water partition coefficient (Wildman–Crippen LogP) is 6.03. The van der Waals surface area contributed by atoms with Crippen molar-refractivity contribution in [2.45, 2.75) is 89.2 Å². The van der Waals surface area contributed by atoms with Crippen molar-refractivity contribution in [3.63, 3.8) is 0 Å². The van der Waals surface area contributed by atoms with E-state index in [-0.39, 0.29) is 59.1 Å². The molecule has 5 heterocycles. The molecule has 4 aliphatic heterocycles. The summed E-state index contributed by atoms with van der Waals surface area (Å²) in [5.41, 5.74) is 2.27. The number of fused-ring (bicyclic) bond motifs is 1. The van der Waals surface area contributed by atoms with Crippen molar-refractivity contribution in [3.8, 4) is 5.75 Å². The summed E-state index contributed by atoms with van der Waals surface area (Å²) in [7, 11) is 2.75. The molecule has 0 bridgehead atoms. The fourth-order valence-corrected chi connectivity index (χ4v) is 9.61. The smallest absolute Gasteiger partial charge is 0.342 e. The Balaban J connectivity index is 0.793. The fourth-order valence-electron chi connectivity index (χ4n) is 9.61. The van der Waals surface area contributed by atoms with Crippen LogP contribution in [0.1, 0.15) is 87.1 Å². The van der Waals surface area contributed by atoms with E-state index in [2.05, 4.69) is 30.4 Å². The number of carbonyl (C=O) groups is 4. The molecule has 3 amide bonds. The number of imide groups is 1. The van der Waals surface area contributed by atoms with Crippen LogP contribution in [-0.2, 0) is 19.1 Å². The van der Waals surface area contributed by atoms with E-state index in [0.717, 1.165) is 76.1 Å². The highest BCUT2D eigenvalue weighted by atomic mass is 19.3. The molecule has 1 aliphatic carbocycles. The molecule has 17 heteroatoms. The lowest BCUT2D eigenvalue weighted by atomic mass is 9.61. The molecule has 14 nitrogen and oxygen atoms in total. The zero-order valence-corrected chi connectivity index (χ0v) is 35.0. The highest BCUT2D eigenvalue weighted by molar-refractivity contribution is 6.02. The van der Waals surface area contributed by atoms with Gasteiger partial charge in [-0.05, 0) is 119 Å². The Morgan fingerprint density at radius 2 is 1.74 bits per heavy atom. The molecule has 2 aromatic carbocycles. The molecule has 2 N–H and O–H groups in total. The molecule has 4 fully saturated rings. The number of alkyl halides is 2. The predicted molar refractivity (Wildman–Crippen MR) is 222 cm³/mol. The molecule has 61 heavy (non-hydrogen) atoms. The van der Waals surface area contributed by atoms with Gasteiger partial charge in [0.05, 0.1) is 42.7 Å². The number of carbonyl (C=O) groups excluding carboxylic acids is 4. The lowest BCUT2D eigenvalue weighted by Crippen LogP contribution is -2.51. The van der Waals surface area contributed by atoms with Gasteiger partial charge in [0.25, 0.3) is 5.91 Å². The quantitative estimate of drug-likeness (QED) is 0.181. The van der Waals surface area contributed by atoms with Gasteiger partial charge in [0, 0.05) is 39.1 Å². The lowest BCUT2D eigenvalue weighted by Gasteiger charge is -2.52. The van der Waals surface area contributed by atoms with Gasteiger partial charge in [0.2, 0.25) is 17.8 Å². The van der Waals surface area contributed by atoms with Gasteiger partial charge in [-0.15, -0.1) is 0 Å². The van der Waals surface area contributed by atoms with Gasteiger partial charge in [-0.3, -0.25) is 19.7 Å². The van der Waals surface area contributed by atoms with Crippen molar-refractivity contribution in [1.82, 2.24) is 20.2 Å². The van der Waals surface area contributed by atoms with Crippen LogP contribution >= 0.6 is 0 Å². The third-order valence-electron chi connectivity index (χ3n) is 13.3. The van der Waals surface area contributed by atoms with Gasteiger partial charge in [0.1, 0.15) is 23.4 Å². The van der Waals surface area contributed by atoms with Crippen molar-refractivity contribution < 1.29 is 41.8 Å². The largest absolute Gasteiger partial charge is 0.495 e. The molecule has 1 saturated carbocycles. The van der Waals surface area contributed by atoms with Crippen LogP contribution in [0.25, 0.3) is 0 Å². The van der Waals surface area contributed by atoms with Crippen LogP contribution in [0, 0.1) is 17.2 Å². The number of nitrogens with one attached hydrogen (secondary N) is 2. The SMILES string of the molecule is COc1cc(C(=O)OC2CC3(CCN(CC4CCN(c5ccc(C6CCC(=O)NC6=O)cc5F)CC4)CC3)C2)ccc1Nc1ncc2c(n1)N(C(C)C)CC(F)(F)C(=O)N2C. The minimum Gasteiger partial charge on any atom is -0.495 e. The number of esters is 1. The maximum Gasteiger partial charge on any atom is 0.342 e. The van der Waals surface area contributed by atoms with Gasteiger partial charge < -0.3 is 34.4 Å². The summed E-state index contributed by atoms with van der Waals surface area (Å²) >= 11 is 0. The first-order chi connectivity index (χ1) is 29.1. The van der Waals surface area contributed by atoms with E-state index in [0.29, 0.717) is 40.6 Å². The number of rotatable bonds is 10. The third-order valence-corrected chi connectivity index (χ3v) is 13.3. The molecule has 0 radical (unpaired) electrons. The lowest BCUT2D eigenvalue weighted by molar-refractivity contribution is -0.140. The average molecular weight is 847 g/mol. The average Bonchev–Trinajstić information content (AvgIpc) is 3.29. The van der Waals surface area contributed by atoms with Gasteiger partial charge in [-0.25, -0.2) is 14.2 Å². The van der Waals surface area contributed by atoms with Crippen LogP contribution in [0.15, 0.2) is 42.6 Å². The molecule has 1 aromatic heterocycles. The number of halogens is 3. The van der Waals surface area contributed by atoms with Crippen LogP contribution in [0.4, 0.5) is 42.0 Å². The molecule has 326 valence electrons. The summed E-state index contributed by atoms with van der Waals surface area (Å²) < 4.78 is 56.3. The first-order valence-electron chi connectivity index (χ1n) is 21.2. The second-order valence-electron chi connectivity index (χ2n) is 17.6. The van der Waals surface area contributed by atoms with Crippen molar-refractivity contribution in [1.29, 1.82) is 0 Å². The second-order valence-corrected chi connectivity index (χ2v) is 17.6. The van der Waals surface area contributed by atoms with Gasteiger partial charge in [0.15, 0.2) is 5.82 Å². The van der Waals surface area contributed by atoms with E-state index < -0.39 is 30.3 Å². The number of amides is 3. The van der Waals surface area contributed by atoms with Crippen molar-refractivity contribution in [3.05, 3.63) is 59.5 Å². The topological polar surface area (TPSA) is 150 Å². The summed E-state index contributed by atoms with van der Waals surface area (Å²) in [6.07, 6.45) is 7.51. The van der Waals surface area contributed by atoms with E-state index in [9.17, 15) is 28.0 Å². The molecule has 5 aliphatic rings. The molecule has 3 aromatic rings. The van der Waals surface area contributed by atoms with E-state index in [1.54, 1.807) is 38.1 Å². The van der Waals surface area contributed by atoms with Crippen molar-refractivity contribution >= 4 is 52.5 Å². The Kier molecular flexibility index (Phi) is 11.6. The van der Waals surface area contributed by atoms with Gasteiger partial charge in [-0.2, -0.15) is 13.8 Å². The maximum absolute atomic E-state index is 15.3. The summed E-state index contributed by atoms with van der Waals surface area (Å²) in [5.74, 6) is -5.71. The van der Waals surface area contributed by atoms with Gasteiger partial charge in [-0.1, -0.05) is 6.07 Å². The summed E-state index contributed by atoms with van der Waals surface area (Å²) in [6.45, 7) is 7.20. The molecule has 1 unspecified atom stereocenters. The number of methoxy groups -OCH3 is 1. The molecule has 1 atom stereocenters. The van der Waals surface area contributed by atoms with Crippen LogP contribution in [-0.4, -0.2) is 110 Å². The maximum atomic E-state index is 15.3. The van der Waals surface area contributed by atoms with E-state index in [4.69, 9.17) is 9.47 Å². The second kappa shape index (κ2) is 16.8. The summed E-state index contributed by atoms with van der Waals surface area (Å²) in [6, 6.07) is 9.50. The summed E-state index contributed by atoms with van der Waals surface area (Å²) in [4.78, 5) is 65.3. The number of ether oxygens (including phenoxy) is 2. The minimum atomic E-state index is -3.61. The normalized spacial score (nSPS) is 22.1. The van der Waals surface area contributed by atoms with E-state index in [1.807, 2.05) is 6.07 Å². The zero-order valence-electron chi connectivity index (χ0n) is 35.0. The van der Waals surface area contributed by atoms with Crippen molar-refractivity contribution in [2.24, 2.45) is 11.3 Å². The zero-order chi connectivity index (χ0) is 43.2. The Hall–Kier alpha value is -5.45. The van der Waals surface area contributed by atoms with Crippen LogP contribution in [0.3, 0.4) is 0 Å². The number of anilines is 5. The molecular weight excluding hydrogens is 794 g/mol. The number of piperidine rings is 3. The Morgan fingerprint density at radius 1 is 1.00 bits per heavy atom. The highest BCUT2D eigenvalue weighted by Crippen LogP contribution is 2.51. The standard InChI is InChI=1S/C44H53F3N8O6/c1-26(2)55-25-44(46,47)41(59)52(3)35-23-48-42(51-38(35)55)49-33-8-5-29(20-36(33)60-4)40(58)61-30-21-43(22-30)13-17-53(18-14-43)24-27-11-15-54(16-12-27)34-9-6-28(19-32(34)45)31-7-10-37(56)50-39(31)57/h5-6,8-9,19-20,23,26-27,30-31H,7,10-18,21-22,24-25H2,1-4H3,(H,48,49,51)(H,50,56,57). The molecule has 8 rings (SSSR count). The Labute approximate surface area is 353 Å². The molecule has 1 spiro atoms. The molecule has 3 saturated heterocycles. The fraction of sp³-hybridized carbons (Fsp3) is 0.545.